The van der Waals surface area contributed by atoms with Gasteiger partial charge in [-0.25, -0.2) is 0 Å². The molecule has 38 heavy (non-hydrogen) atoms. The molecule has 2 atom stereocenters. The molecule has 7 heteroatoms. The SMILES string of the molecule is O=C(Nc1ccc2[nH]c(C(=O)N3C[C@H]4C[C@]45C(=O)c4ccccc4C=C35)cc2c1)c1cc2ccccc2[nH]1. The Hall–Kier alpha value is -4.91. The van der Waals surface area contributed by atoms with Crippen LogP contribution >= 0.6 is 0 Å². The maximum Gasteiger partial charge on any atom is 0.274 e. The van der Waals surface area contributed by atoms with Gasteiger partial charge >= 0.3 is 0 Å². The first kappa shape index (κ1) is 21.2. The number of H-pyrrole nitrogens is 2. The highest BCUT2D eigenvalue weighted by Crippen LogP contribution is 2.67. The second kappa shape index (κ2) is 7.32. The van der Waals surface area contributed by atoms with Crippen LogP contribution in [0.3, 0.4) is 0 Å². The Balaban J connectivity index is 1.08. The molecule has 2 fully saturated rings. The lowest BCUT2D eigenvalue weighted by molar-refractivity contribution is 0.0799. The monoisotopic (exact) mass is 498 g/mol. The molecule has 0 radical (unpaired) electrons. The summed E-state index contributed by atoms with van der Waals surface area (Å²) in [5, 5.41) is 4.74. The van der Waals surface area contributed by atoms with E-state index in [9.17, 15) is 14.4 Å². The zero-order valence-electron chi connectivity index (χ0n) is 20.2. The van der Waals surface area contributed by atoms with Crippen LogP contribution in [-0.4, -0.2) is 39.0 Å². The summed E-state index contributed by atoms with van der Waals surface area (Å²) < 4.78 is 0. The summed E-state index contributed by atoms with van der Waals surface area (Å²) in [6.45, 7) is 0.547. The maximum absolute atomic E-state index is 13.7. The number of allylic oxidation sites excluding steroid dienone is 1. The van der Waals surface area contributed by atoms with Gasteiger partial charge in [-0.2, -0.15) is 0 Å². The van der Waals surface area contributed by atoms with Crippen molar-refractivity contribution in [3.05, 3.63) is 107 Å². The van der Waals surface area contributed by atoms with E-state index in [4.69, 9.17) is 0 Å². The normalized spacial score (nSPS) is 21.2. The van der Waals surface area contributed by atoms with Gasteiger partial charge in [0, 0.05) is 45.3 Å². The number of benzene rings is 3. The van der Waals surface area contributed by atoms with E-state index in [0.717, 1.165) is 45.1 Å². The van der Waals surface area contributed by atoms with E-state index in [1.807, 2.05) is 84.9 Å². The predicted molar refractivity (Wildman–Crippen MR) is 145 cm³/mol. The molecule has 0 bridgehead atoms. The van der Waals surface area contributed by atoms with Crippen LogP contribution in [-0.2, 0) is 0 Å². The number of aromatic nitrogens is 2. The molecule has 3 aliphatic rings. The number of nitrogens with one attached hydrogen (secondary N) is 3. The Labute approximate surface area is 217 Å². The van der Waals surface area contributed by atoms with Gasteiger partial charge in [0.2, 0.25) is 0 Å². The largest absolute Gasteiger partial charge is 0.351 e. The number of para-hydroxylation sites is 1. The highest BCUT2D eigenvalue weighted by Gasteiger charge is 2.69. The number of amides is 2. The van der Waals surface area contributed by atoms with Crippen LogP contribution in [0.1, 0.15) is 43.3 Å². The number of rotatable bonds is 3. The van der Waals surface area contributed by atoms with Gasteiger partial charge in [0.05, 0.1) is 5.41 Å². The van der Waals surface area contributed by atoms with Crippen molar-refractivity contribution in [2.75, 3.05) is 11.9 Å². The van der Waals surface area contributed by atoms with Crippen molar-refractivity contribution in [1.82, 2.24) is 14.9 Å². The van der Waals surface area contributed by atoms with Crippen molar-refractivity contribution in [2.45, 2.75) is 6.42 Å². The van der Waals surface area contributed by atoms with Crippen LogP contribution in [0.15, 0.2) is 84.6 Å². The van der Waals surface area contributed by atoms with Crippen LogP contribution in [0.2, 0.25) is 0 Å². The van der Waals surface area contributed by atoms with Crippen LogP contribution < -0.4 is 5.32 Å². The lowest BCUT2D eigenvalue weighted by atomic mass is 9.83. The molecule has 1 saturated carbocycles. The van der Waals surface area contributed by atoms with Gasteiger partial charge in [0.1, 0.15) is 11.4 Å². The van der Waals surface area contributed by atoms with Crippen LogP contribution in [0, 0.1) is 11.3 Å². The fourth-order valence-electron chi connectivity index (χ4n) is 6.30. The van der Waals surface area contributed by atoms with Gasteiger partial charge in [-0.15, -0.1) is 0 Å². The number of nitrogens with zero attached hydrogens (tertiary/aromatic N) is 1. The number of fused-ring (bicyclic) bond motifs is 3. The molecular formula is C31H22N4O3. The van der Waals surface area contributed by atoms with Crippen molar-refractivity contribution < 1.29 is 14.4 Å². The summed E-state index contributed by atoms with van der Waals surface area (Å²) in [5.74, 6) is -0.0645. The van der Waals surface area contributed by atoms with Crippen molar-refractivity contribution in [2.24, 2.45) is 11.3 Å². The summed E-state index contributed by atoms with van der Waals surface area (Å²) in [5.41, 5.74) is 5.18. The lowest BCUT2D eigenvalue weighted by Crippen LogP contribution is -2.34. The molecule has 3 N–H and O–H groups in total. The summed E-state index contributed by atoms with van der Waals surface area (Å²) in [6.07, 6.45) is 2.82. The van der Waals surface area contributed by atoms with Crippen molar-refractivity contribution in [1.29, 1.82) is 0 Å². The molecule has 3 heterocycles. The Morgan fingerprint density at radius 3 is 2.53 bits per heavy atom. The Morgan fingerprint density at radius 2 is 1.63 bits per heavy atom. The topological polar surface area (TPSA) is 98.1 Å². The fraction of sp³-hybridized carbons (Fsp3) is 0.129. The number of anilines is 1. The summed E-state index contributed by atoms with van der Waals surface area (Å²) >= 11 is 0. The molecule has 1 spiro atoms. The predicted octanol–water partition coefficient (Wildman–Crippen LogP) is 5.60. The van der Waals surface area contributed by atoms with Gasteiger partial charge in [-0.1, -0.05) is 42.5 Å². The first-order valence-corrected chi connectivity index (χ1v) is 12.7. The van der Waals surface area contributed by atoms with Gasteiger partial charge in [-0.05, 0) is 60.4 Å². The minimum Gasteiger partial charge on any atom is -0.351 e. The van der Waals surface area contributed by atoms with Gasteiger partial charge < -0.3 is 20.2 Å². The minimum atomic E-state index is -0.546. The van der Waals surface area contributed by atoms with E-state index in [1.165, 1.54) is 0 Å². The van der Waals surface area contributed by atoms with E-state index in [0.29, 0.717) is 23.6 Å². The molecule has 8 rings (SSSR count). The standard InChI is InChI=1S/C31H22N4O3/c36-28-22-7-3-1-5-17(22)14-27-31(28)15-20(31)16-35(27)30(38)26-13-19-11-21(9-10-24(19)34-26)32-29(37)25-12-18-6-2-4-8-23(18)33-25/h1-14,20,33-34H,15-16H2,(H,32,37)/t20-,31+/m1/s1. The Bertz CT molecular complexity index is 1860. The number of likely N-dealkylation sites (tertiary alicyclic amines) is 1. The number of piperidine rings is 1. The Kier molecular flexibility index (Phi) is 4.08. The van der Waals surface area contributed by atoms with Gasteiger partial charge in [0.25, 0.3) is 11.8 Å². The first-order valence-electron chi connectivity index (χ1n) is 12.7. The highest BCUT2D eigenvalue weighted by molar-refractivity contribution is 6.13. The number of hydrogen-bond acceptors (Lipinski definition) is 3. The van der Waals surface area contributed by atoms with Gasteiger partial charge in [-0.3, -0.25) is 14.4 Å². The molecule has 2 aliphatic carbocycles. The van der Waals surface area contributed by atoms with Crippen LogP contribution in [0.5, 0.6) is 0 Å². The van der Waals surface area contributed by atoms with Crippen molar-refractivity contribution >= 4 is 51.2 Å². The zero-order valence-corrected chi connectivity index (χ0v) is 20.2. The number of aromatic amines is 2. The van der Waals surface area contributed by atoms with Crippen molar-refractivity contribution in [3.8, 4) is 0 Å². The molecule has 0 unspecified atom stereocenters. The van der Waals surface area contributed by atoms with E-state index >= 15 is 0 Å². The molecule has 2 aromatic heterocycles. The van der Waals surface area contributed by atoms with E-state index in [1.54, 1.807) is 4.90 Å². The average Bonchev–Trinajstić information content (AvgIpc) is 3.25. The molecule has 3 aromatic carbocycles. The lowest BCUT2D eigenvalue weighted by Gasteiger charge is -2.28. The van der Waals surface area contributed by atoms with Crippen molar-refractivity contribution in [3.63, 3.8) is 0 Å². The zero-order chi connectivity index (χ0) is 25.6. The van der Waals surface area contributed by atoms with E-state index < -0.39 is 5.41 Å². The highest BCUT2D eigenvalue weighted by atomic mass is 16.2. The number of Topliss-reactive ketones (excluding diaryl/α,β-unsaturated/α-hetero) is 1. The van der Waals surface area contributed by atoms with E-state index in [-0.39, 0.29) is 23.5 Å². The average molecular weight is 499 g/mol. The number of hydrogen-bond donors (Lipinski definition) is 3. The van der Waals surface area contributed by atoms with Gasteiger partial charge in [0.15, 0.2) is 5.78 Å². The molecule has 184 valence electrons. The number of ketones is 1. The smallest absolute Gasteiger partial charge is 0.274 e. The fourth-order valence-corrected chi connectivity index (χ4v) is 6.30. The summed E-state index contributed by atoms with van der Waals surface area (Å²) in [4.78, 5) is 48.0. The number of carbonyl (C=O) groups is 3. The molecule has 5 aromatic rings. The number of carbonyl (C=O) groups excluding carboxylic acids is 3. The summed E-state index contributed by atoms with van der Waals surface area (Å²) in [6, 6.07) is 24.5. The second-order valence-electron chi connectivity index (χ2n) is 10.4. The second-order valence-corrected chi connectivity index (χ2v) is 10.4. The summed E-state index contributed by atoms with van der Waals surface area (Å²) in [7, 11) is 0. The molecule has 7 nitrogen and oxygen atoms in total. The maximum atomic E-state index is 13.7. The van der Waals surface area contributed by atoms with Crippen LogP contribution in [0.25, 0.3) is 27.9 Å². The first-order chi connectivity index (χ1) is 18.5. The third-order valence-electron chi connectivity index (χ3n) is 8.29. The quantitative estimate of drug-likeness (QED) is 0.302. The van der Waals surface area contributed by atoms with E-state index in [2.05, 4.69) is 15.3 Å². The minimum absolute atomic E-state index is 0.137. The van der Waals surface area contributed by atoms with Crippen LogP contribution in [0.4, 0.5) is 5.69 Å². The molecule has 1 saturated heterocycles. The third kappa shape index (κ3) is 2.87. The molecule has 2 amide bonds. The molecular weight excluding hydrogens is 476 g/mol. The third-order valence-corrected chi connectivity index (χ3v) is 8.29. The molecule has 1 aliphatic heterocycles. The Morgan fingerprint density at radius 1 is 0.868 bits per heavy atom.